The van der Waals surface area contributed by atoms with Crippen LogP contribution in [0.3, 0.4) is 0 Å². The van der Waals surface area contributed by atoms with Crippen LogP contribution < -0.4 is 11.5 Å². The van der Waals surface area contributed by atoms with Crippen LogP contribution in [0.25, 0.3) is 0 Å². The smallest absolute Gasteiger partial charge is 0.0637 e. The Morgan fingerprint density at radius 2 is 1.68 bits per heavy atom. The van der Waals surface area contributed by atoms with Gasteiger partial charge in [-0.15, -0.1) is 0 Å². The van der Waals surface area contributed by atoms with E-state index in [9.17, 15) is 0 Å². The number of hydrogen-bond donors (Lipinski definition) is 2. The van der Waals surface area contributed by atoms with Gasteiger partial charge >= 0.3 is 0 Å². The number of rotatable bonds is 13. The van der Waals surface area contributed by atoms with Crippen LogP contribution in [0, 0.1) is 46.3 Å². The number of nitrogens with two attached hydrogens (primary N) is 2. The van der Waals surface area contributed by atoms with Crippen molar-refractivity contribution in [2.24, 2.45) is 57.8 Å². The van der Waals surface area contributed by atoms with Crippen LogP contribution >= 0.6 is 0 Å². The van der Waals surface area contributed by atoms with E-state index in [-0.39, 0.29) is 5.41 Å². The summed E-state index contributed by atoms with van der Waals surface area (Å²) in [6.45, 7) is 12.7. The van der Waals surface area contributed by atoms with Gasteiger partial charge in [-0.1, -0.05) is 51.1 Å². The van der Waals surface area contributed by atoms with E-state index in [0.29, 0.717) is 43.9 Å². The highest BCUT2D eigenvalue weighted by Gasteiger charge is 2.64. The normalized spacial score (nSPS) is 39.2. The third-order valence-electron chi connectivity index (χ3n) is 12.9. The highest BCUT2D eigenvalue weighted by Crippen LogP contribution is 2.69. The van der Waals surface area contributed by atoms with Gasteiger partial charge in [0, 0.05) is 19.6 Å². The molecule has 4 saturated carbocycles. The minimum atomic E-state index is 0.274. The van der Waals surface area contributed by atoms with Crippen LogP contribution in [-0.2, 0) is 16.0 Å². The molecule has 232 valence electrons. The van der Waals surface area contributed by atoms with Crippen LogP contribution in [-0.4, -0.2) is 57.0 Å². The SMILES string of the molecule is C[C@H](CCCN(C)Cc1ccccc1)[C@H]1CCC2C3CCC4C[C@H](OCCN)CC[C@]4(C)C3C[C@H](OCCN)[C@@]21C. The molecule has 0 saturated heterocycles. The molecule has 0 aromatic heterocycles. The summed E-state index contributed by atoms with van der Waals surface area (Å²) in [5.41, 5.74) is 13.9. The predicted molar refractivity (Wildman–Crippen MR) is 169 cm³/mol. The van der Waals surface area contributed by atoms with Crippen LogP contribution in [0.1, 0.15) is 90.5 Å². The van der Waals surface area contributed by atoms with Crippen molar-refractivity contribution in [1.82, 2.24) is 4.90 Å². The van der Waals surface area contributed by atoms with Crippen molar-refractivity contribution < 1.29 is 9.47 Å². The first-order chi connectivity index (χ1) is 19.8. The number of hydrogen-bond acceptors (Lipinski definition) is 5. The Hall–Kier alpha value is -0.980. The average molecular weight is 568 g/mol. The molecule has 0 radical (unpaired) electrons. The second kappa shape index (κ2) is 13.8. The zero-order valence-corrected chi connectivity index (χ0v) is 26.7. The molecule has 41 heavy (non-hydrogen) atoms. The lowest BCUT2D eigenvalue weighted by Crippen LogP contribution is -2.59. The summed E-state index contributed by atoms with van der Waals surface area (Å²) in [5.74, 6) is 4.69. The maximum absolute atomic E-state index is 6.81. The van der Waals surface area contributed by atoms with Gasteiger partial charge in [-0.3, -0.25) is 0 Å². The highest BCUT2D eigenvalue weighted by atomic mass is 16.5. The third-order valence-corrected chi connectivity index (χ3v) is 12.9. The lowest BCUT2D eigenvalue weighted by atomic mass is 9.43. The van der Waals surface area contributed by atoms with Crippen molar-refractivity contribution in [2.75, 3.05) is 39.9 Å². The molecule has 5 nitrogen and oxygen atoms in total. The zero-order valence-electron chi connectivity index (χ0n) is 26.7. The summed E-state index contributed by atoms with van der Waals surface area (Å²) >= 11 is 0. The molecule has 4 aliphatic rings. The number of benzene rings is 1. The summed E-state index contributed by atoms with van der Waals surface area (Å²) in [4.78, 5) is 2.49. The molecule has 0 aliphatic heterocycles. The fraction of sp³-hybridized carbons (Fsp3) is 0.833. The molecule has 0 spiro atoms. The average Bonchev–Trinajstić information content (AvgIpc) is 3.33. The molecule has 1 aromatic carbocycles. The molecule has 1 aromatic rings. The van der Waals surface area contributed by atoms with Gasteiger partial charge in [-0.2, -0.15) is 0 Å². The van der Waals surface area contributed by atoms with Crippen molar-refractivity contribution in [3.8, 4) is 0 Å². The fourth-order valence-electron chi connectivity index (χ4n) is 10.8. The zero-order chi connectivity index (χ0) is 29.0. The maximum Gasteiger partial charge on any atom is 0.0637 e. The van der Waals surface area contributed by atoms with Gasteiger partial charge in [0.1, 0.15) is 0 Å². The Bertz CT molecular complexity index is 944. The molecule has 4 N–H and O–H groups in total. The molecule has 0 bridgehead atoms. The first-order valence-corrected chi connectivity index (χ1v) is 17.2. The molecular formula is C36H61N3O2. The molecule has 0 heterocycles. The van der Waals surface area contributed by atoms with E-state index in [1.807, 2.05) is 0 Å². The highest BCUT2D eigenvalue weighted by molar-refractivity contribution is 5.15. The lowest BCUT2D eigenvalue weighted by Gasteiger charge is -2.63. The Balaban J connectivity index is 1.25. The fourth-order valence-corrected chi connectivity index (χ4v) is 10.8. The minimum absolute atomic E-state index is 0.274. The van der Waals surface area contributed by atoms with Crippen molar-refractivity contribution in [2.45, 2.75) is 104 Å². The molecule has 10 atom stereocenters. The van der Waals surface area contributed by atoms with Crippen LogP contribution in [0.4, 0.5) is 0 Å². The summed E-state index contributed by atoms with van der Waals surface area (Å²) < 4.78 is 13.0. The van der Waals surface area contributed by atoms with E-state index in [1.165, 1.54) is 76.3 Å². The van der Waals surface area contributed by atoms with Crippen molar-refractivity contribution >= 4 is 0 Å². The van der Waals surface area contributed by atoms with Crippen LogP contribution in [0.2, 0.25) is 0 Å². The standard InChI is InChI=1S/C36H61N3O2/c1-26(9-8-20-39(4)25-27-10-6-5-7-11-27)31-14-15-32-30-13-12-28-23-29(40-21-18-37)16-17-35(28,2)33(30)24-34(36(31,32)3)41-22-19-38/h5-7,10-11,26,28-34H,8-9,12-25,37-38H2,1-4H3/t26-,28?,29-,30?,31-,32?,33?,34+,35+,36-/m1/s1. The first-order valence-electron chi connectivity index (χ1n) is 17.2. The van der Waals surface area contributed by atoms with Gasteiger partial charge in [0.25, 0.3) is 0 Å². The molecule has 0 amide bonds. The van der Waals surface area contributed by atoms with Gasteiger partial charge < -0.3 is 25.8 Å². The Kier molecular flexibility index (Phi) is 10.6. The largest absolute Gasteiger partial charge is 0.377 e. The van der Waals surface area contributed by atoms with Gasteiger partial charge in [0.05, 0.1) is 25.4 Å². The minimum Gasteiger partial charge on any atom is -0.377 e. The Morgan fingerprint density at radius 1 is 0.927 bits per heavy atom. The molecule has 5 heteroatoms. The summed E-state index contributed by atoms with van der Waals surface area (Å²) in [6, 6.07) is 10.9. The second-order valence-electron chi connectivity index (χ2n) is 15.0. The van der Waals surface area contributed by atoms with Crippen molar-refractivity contribution in [1.29, 1.82) is 0 Å². The number of ether oxygens (including phenoxy) is 2. The topological polar surface area (TPSA) is 73.7 Å². The summed E-state index contributed by atoms with van der Waals surface area (Å²) in [6.07, 6.45) is 13.9. The molecule has 5 rings (SSSR count). The van der Waals surface area contributed by atoms with E-state index in [1.54, 1.807) is 0 Å². The first kappa shape index (κ1) is 31.4. The second-order valence-corrected chi connectivity index (χ2v) is 15.0. The van der Waals surface area contributed by atoms with E-state index >= 15 is 0 Å². The predicted octanol–water partition coefficient (Wildman–Crippen LogP) is 6.49. The number of nitrogens with zero attached hydrogens (tertiary/aromatic N) is 1. The van der Waals surface area contributed by atoms with E-state index in [2.05, 4.69) is 63.1 Å². The Morgan fingerprint density at radius 3 is 2.44 bits per heavy atom. The monoisotopic (exact) mass is 567 g/mol. The van der Waals surface area contributed by atoms with E-state index < -0.39 is 0 Å². The molecule has 4 fully saturated rings. The van der Waals surface area contributed by atoms with Crippen LogP contribution in [0.5, 0.6) is 0 Å². The quantitative estimate of drug-likeness (QED) is 0.285. The number of fused-ring (bicyclic) bond motifs is 5. The van der Waals surface area contributed by atoms with Gasteiger partial charge in [0.15, 0.2) is 0 Å². The van der Waals surface area contributed by atoms with E-state index in [4.69, 9.17) is 20.9 Å². The van der Waals surface area contributed by atoms with Gasteiger partial charge in [0.2, 0.25) is 0 Å². The Labute approximate surface area is 251 Å². The molecule has 4 aliphatic carbocycles. The van der Waals surface area contributed by atoms with Gasteiger partial charge in [-0.05, 0) is 130 Å². The third kappa shape index (κ3) is 6.45. The lowest BCUT2D eigenvalue weighted by molar-refractivity contribution is -0.191. The van der Waals surface area contributed by atoms with Crippen molar-refractivity contribution in [3.05, 3.63) is 35.9 Å². The summed E-state index contributed by atoms with van der Waals surface area (Å²) in [5, 5.41) is 0. The molecular weight excluding hydrogens is 506 g/mol. The van der Waals surface area contributed by atoms with Crippen LogP contribution in [0.15, 0.2) is 30.3 Å². The summed E-state index contributed by atoms with van der Waals surface area (Å²) in [7, 11) is 2.28. The molecule has 4 unspecified atom stereocenters. The van der Waals surface area contributed by atoms with Gasteiger partial charge in [-0.25, -0.2) is 0 Å². The maximum atomic E-state index is 6.81. The van der Waals surface area contributed by atoms with E-state index in [0.717, 1.165) is 42.1 Å². The van der Waals surface area contributed by atoms with Crippen molar-refractivity contribution in [3.63, 3.8) is 0 Å².